The molecule has 0 bridgehead atoms. The van der Waals surface area contributed by atoms with Crippen molar-refractivity contribution in [2.45, 2.75) is 145 Å². The molecule has 308 valence electrons. The molecule has 59 heavy (non-hydrogen) atoms. The molecule has 0 saturated carbocycles. The standard InChI is InChI=1S/C52H58N4O2.Pt/c1-28-17-18-53-45-42(28)37-24-35(48(8,9)10)25-39-43(37)56(45)40-26-41(30(3)20-38(40)50(39,14)15)57-36-22-32(21-34(23-36)47(5,6)7)46-55-51(16)44-33(19-29(2)31(4)54-44)27-52(51,58-46)49(11,12)13;/h17-21,23-25H,27H2,1-16H3;/q-2;+2/t51-,52-;/m1./s1/i27D2;. The topological polar surface area (TPSA) is 61.5 Å². The van der Waals surface area contributed by atoms with Gasteiger partial charge < -0.3 is 14.0 Å². The van der Waals surface area contributed by atoms with Crippen LogP contribution in [0.25, 0.3) is 27.6 Å². The van der Waals surface area contributed by atoms with Crippen LogP contribution >= 0.6 is 0 Å². The van der Waals surface area contributed by atoms with Crippen molar-refractivity contribution in [2.75, 3.05) is 0 Å². The molecule has 3 aromatic carbocycles. The first-order valence-corrected chi connectivity index (χ1v) is 20.7. The van der Waals surface area contributed by atoms with Crippen LogP contribution in [0.1, 0.15) is 147 Å². The zero-order chi connectivity index (χ0) is 43.7. The summed E-state index contributed by atoms with van der Waals surface area (Å²) in [5.74, 6) is 1.43. The molecule has 7 heteroatoms. The number of aryl methyl sites for hydroxylation is 4. The maximum Gasteiger partial charge on any atom is 2.00 e. The summed E-state index contributed by atoms with van der Waals surface area (Å²) in [6.45, 7) is 34.3. The Morgan fingerprint density at radius 2 is 1.49 bits per heavy atom. The van der Waals surface area contributed by atoms with Crippen molar-refractivity contribution in [3.8, 4) is 17.2 Å². The maximum atomic E-state index is 9.76. The van der Waals surface area contributed by atoms with Gasteiger partial charge in [-0.2, -0.15) is 6.07 Å². The first kappa shape index (κ1) is 38.9. The molecule has 6 nitrogen and oxygen atoms in total. The van der Waals surface area contributed by atoms with Gasteiger partial charge in [0, 0.05) is 48.7 Å². The molecule has 0 N–H and O–H groups in total. The SMILES string of the molecule is [2H]C1([2H])c2cc(C)c(C)nc2[C@@]2(C)N=C(c3[c-]c(Oc4[c-]c5c(cc4C)C(C)(C)c4cc(C(C)(C)C)cc6c7c(C)ccnc7n-5c46)cc(C(C)(C)C)c3)O[C@@]12C(C)(C)C.[Pt+2]. The Hall–Kier alpha value is -4.28. The third-order valence-electron chi connectivity index (χ3n) is 13.3. The second-order valence-electron chi connectivity index (χ2n) is 20.9. The number of benzene rings is 3. The van der Waals surface area contributed by atoms with E-state index in [9.17, 15) is 2.74 Å². The molecule has 9 rings (SSSR count). The normalized spacial score (nSPS) is 21.9. The largest absolute Gasteiger partial charge is 2.00 e. The summed E-state index contributed by atoms with van der Waals surface area (Å²) in [6, 6.07) is 22.5. The number of aliphatic imine (C=N–C) groups is 1. The van der Waals surface area contributed by atoms with Gasteiger partial charge >= 0.3 is 21.1 Å². The molecule has 0 fully saturated rings. The van der Waals surface area contributed by atoms with Crippen LogP contribution < -0.4 is 4.74 Å². The minimum absolute atomic E-state index is 0. The van der Waals surface area contributed by atoms with Crippen LogP contribution in [-0.2, 0) is 54.0 Å². The second-order valence-corrected chi connectivity index (χ2v) is 20.9. The minimum atomic E-state index is -1.90. The summed E-state index contributed by atoms with van der Waals surface area (Å²) in [6.07, 6.45) is 0.00280. The first-order chi connectivity index (χ1) is 27.6. The van der Waals surface area contributed by atoms with Gasteiger partial charge in [-0.3, -0.25) is 9.98 Å². The van der Waals surface area contributed by atoms with Crippen LogP contribution in [0.4, 0.5) is 0 Å². The maximum absolute atomic E-state index is 9.76. The van der Waals surface area contributed by atoms with E-state index in [4.69, 9.17) is 24.4 Å². The summed E-state index contributed by atoms with van der Waals surface area (Å²) < 4.78 is 35.8. The van der Waals surface area contributed by atoms with E-state index in [1.807, 2.05) is 59.9 Å². The van der Waals surface area contributed by atoms with Crippen molar-refractivity contribution in [1.29, 1.82) is 0 Å². The van der Waals surface area contributed by atoms with E-state index >= 15 is 0 Å². The van der Waals surface area contributed by atoms with E-state index < -0.39 is 22.9 Å². The molecule has 0 radical (unpaired) electrons. The molecule has 0 amide bonds. The summed E-state index contributed by atoms with van der Waals surface area (Å²) in [7, 11) is 0. The zero-order valence-corrected chi connectivity index (χ0v) is 39.8. The second kappa shape index (κ2) is 12.9. The fourth-order valence-corrected chi connectivity index (χ4v) is 9.59. The molecular weight excluding hydrogens is 908 g/mol. The predicted molar refractivity (Wildman–Crippen MR) is 236 cm³/mol. The van der Waals surface area contributed by atoms with Gasteiger partial charge in [0.05, 0.1) is 11.2 Å². The van der Waals surface area contributed by atoms with Crippen molar-refractivity contribution in [3.63, 3.8) is 0 Å². The Morgan fingerprint density at radius 3 is 2.15 bits per heavy atom. The van der Waals surface area contributed by atoms with Crippen molar-refractivity contribution in [3.05, 3.63) is 122 Å². The molecule has 1 aliphatic carbocycles. The Balaban J connectivity index is 0.00000514. The molecule has 5 heterocycles. The van der Waals surface area contributed by atoms with Crippen molar-refractivity contribution in [2.24, 2.45) is 10.4 Å². The van der Waals surface area contributed by atoms with Gasteiger partial charge in [0.25, 0.3) is 0 Å². The smallest absolute Gasteiger partial charge is 0.510 e. The number of hydrogen-bond acceptors (Lipinski definition) is 5. The van der Waals surface area contributed by atoms with Gasteiger partial charge in [-0.15, -0.1) is 28.8 Å². The van der Waals surface area contributed by atoms with E-state index in [0.29, 0.717) is 34.2 Å². The summed E-state index contributed by atoms with van der Waals surface area (Å²) in [5.41, 5.74) is 9.66. The molecule has 3 aliphatic rings. The van der Waals surface area contributed by atoms with Gasteiger partial charge in [0.2, 0.25) is 0 Å². The molecular formula is C52H58N4O2Pt. The van der Waals surface area contributed by atoms with E-state index in [0.717, 1.165) is 50.2 Å². The summed E-state index contributed by atoms with van der Waals surface area (Å²) >= 11 is 0. The molecule has 0 spiro atoms. The van der Waals surface area contributed by atoms with Gasteiger partial charge in [-0.05, 0) is 83.9 Å². The van der Waals surface area contributed by atoms with Crippen LogP contribution in [0, 0.1) is 45.2 Å². The number of pyridine rings is 2. The van der Waals surface area contributed by atoms with E-state index in [1.54, 1.807) is 0 Å². The Kier molecular flexibility index (Phi) is 8.48. The average molecular weight is 968 g/mol. The van der Waals surface area contributed by atoms with Crippen LogP contribution in [0.3, 0.4) is 0 Å². The quantitative estimate of drug-likeness (QED) is 0.166. The first-order valence-electron chi connectivity index (χ1n) is 21.7. The minimum Gasteiger partial charge on any atom is -0.510 e. The molecule has 6 aromatic rings. The Morgan fingerprint density at radius 1 is 0.814 bits per heavy atom. The van der Waals surface area contributed by atoms with Crippen LogP contribution in [0.2, 0.25) is 0 Å². The monoisotopic (exact) mass is 967 g/mol. The third kappa shape index (κ3) is 5.85. The Labute approximate surface area is 368 Å². The van der Waals surface area contributed by atoms with Crippen LogP contribution in [-0.4, -0.2) is 26.0 Å². The molecule has 2 aliphatic heterocycles. The van der Waals surface area contributed by atoms with Gasteiger partial charge in [0.1, 0.15) is 22.7 Å². The van der Waals surface area contributed by atoms with E-state index in [2.05, 4.69) is 116 Å². The number of nitrogens with zero attached hydrogens (tertiary/aromatic N) is 4. The van der Waals surface area contributed by atoms with Crippen molar-refractivity contribution in [1.82, 2.24) is 14.5 Å². The fraction of sp³-hybridized carbons (Fsp3) is 0.442. The van der Waals surface area contributed by atoms with Gasteiger partial charge in [-0.25, -0.2) is 4.98 Å². The number of fused-ring (bicyclic) bond motifs is 8. The number of hydrogen-bond donors (Lipinski definition) is 0. The average Bonchev–Trinajstić information content (AvgIpc) is 3.70. The predicted octanol–water partition coefficient (Wildman–Crippen LogP) is 12.5. The molecule has 0 unspecified atom stereocenters. The van der Waals surface area contributed by atoms with Crippen molar-refractivity contribution < 1.29 is 33.3 Å². The van der Waals surface area contributed by atoms with E-state index in [1.165, 1.54) is 22.1 Å². The van der Waals surface area contributed by atoms with Crippen LogP contribution in [0.15, 0.2) is 53.7 Å². The number of aromatic nitrogens is 3. The molecule has 0 saturated heterocycles. The van der Waals surface area contributed by atoms with Crippen molar-refractivity contribution >= 4 is 27.8 Å². The number of rotatable bonds is 3. The molecule has 2 atom stereocenters. The number of ether oxygens (including phenoxy) is 2. The summed E-state index contributed by atoms with van der Waals surface area (Å²) in [5, 5.41) is 2.37. The fourth-order valence-electron chi connectivity index (χ4n) is 9.59. The summed E-state index contributed by atoms with van der Waals surface area (Å²) in [4.78, 5) is 15.4. The van der Waals surface area contributed by atoms with E-state index in [-0.39, 0.29) is 37.3 Å². The van der Waals surface area contributed by atoms with Gasteiger partial charge in [-0.1, -0.05) is 119 Å². The van der Waals surface area contributed by atoms with Gasteiger partial charge in [0.15, 0.2) is 0 Å². The third-order valence-corrected chi connectivity index (χ3v) is 13.3. The zero-order valence-electron chi connectivity index (χ0n) is 39.5. The van der Waals surface area contributed by atoms with Crippen LogP contribution in [0.5, 0.6) is 11.5 Å². The Bertz CT molecular complexity index is 2900. The molecule has 3 aromatic heterocycles.